The Morgan fingerprint density at radius 3 is 2.10 bits per heavy atom. The molecule has 2 amide bonds. The van der Waals surface area contributed by atoms with E-state index >= 15 is 0 Å². The number of rotatable bonds is 4. The van der Waals surface area contributed by atoms with Gasteiger partial charge in [0, 0.05) is 26.2 Å². The van der Waals surface area contributed by atoms with Crippen LogP contribution in [0.3, 0.4) is 0 Å². The van der Waals surface area contributed by atoms with Crippen LogP contribution in [0.15, 0.2) is 0 Å². The molecule has 1 fully saturated rings. The van der Waals surface area contributed by atoms with Gasteiger partial charge in [-0.15, -0.1) is 0 Å². The van der Waals surface area contributed by atoms with Gasteiger partial charge in [-0.05, 0) is 5.92 Å². The van der Waals surface area contributed by atoms with E-state index in [1.54, 1.807) is 13.8 Å². The van der Waals surface area contributed by atoms with Gasteiger partial charge in [-0.3, -0.25) is 4.90 Å². The Morgan fingerprint density at radius 2 is 1.71 bits per heavy atom. The molecule has 1 aliphatic heterocycles. The number of hydrogen-bond donors (Lipinski definition) is 2. The topological polar surface area (TPSA) is 72.9 Å². The third-order valence-corrected chi connectivity index (χ3v) is 3.27. The highest BCUT2D eigenvalue weighted by Gasteiger charge is 2.33. The number of carbonyl (C=O) groups is 2. The van der Waals surface area contributed by atoms with Crippen molar-refractivity contribution in [3.8, 4) is 0 Å². The van der Waals surface area contributed by atoms with Gasteiger partial charge in [0.1, 0.15) is 6.04 Å². The molecule has 0 aliphatic carbocycles. The minimum Gasteiger partial charge on any atom is -0.480 e. The Bertz CT molecular complexity index is 380. The first-order chi connectivity index (χ1) is 9.60. The van der Waals surface area contributed by atoms with E-state index in [9.17, 15) is 22.8 Å². The van der Waals surface area contributed by atoms with E-state index in [0.717, 1.165) is 0 Å². The molecule has 21 heavy (non-hydrogen) atoms. The lowest BCUT2D eigenvalue weighted by atomic mass is 10.1. The van der Waals surface area contributed by atoms with Crippen molar-refractivity contribution < 1.29 is 27.9 Å². The summed E-state index contributed by atoms with van der Waals surface area (Å²) < 4.78 is 36.7. The van der Waals surface area contributed by atoms with E-state index < -0.39 is 30.8 Å². The van der Waals surface area contributed by atoms with Crippen molar-refractivity contribution in [2.24, 2.45) is 5.92 Å². The van der Waals surface area contributed by atoms with Crippen LogP contribution in [0.4, 0.5) is 18.0 Å². The lowest BCUT2D eigenvalue weighted by molar-refractivity contribution is -0.148. The maximum Gasteiger partial charge on any atom is 0.401 e. The predicted octanol–water partition coefficient (Wildman–Crippen LogP) is 0.985. The zero-order valence-corrected chi connectivity index (χ0v) is 12.0. The van der Waals surface area contributed by atoms with Gasteiger partial charge < -0.3 is 15.3 Å². The second kappa shape index (κ2) is 6.97. The summed E-state index contributed by atoms with van der Waals surface area (Å²) in [5.74, 6) is -1.41. The van der Waals surface area contributed by atoms with Crippen LogP contribution >= 0.6 is 0 Å². The van der Waals surface area contributed by atoms with E-state index in [0.29, 0.717) is 0 Å². The average molecular weight is 311 g/mol. The summed E-state index contributed by atoms with van der Waals surface area (Å²) >= 11 is 0. The average Bonchev–Trinajstić information content (AvgIpc) is 2.33. The van der Waals surface area contributed by atoms with Crippen LogP contribution in [0.2, 0.25) is 0 Å². The van der Waals surface area contributed by atoms with Gasteiger partial charge in [0.2, 0.25) is 0 Å². The number of amides is 2. The molecule has 6 nitrogen and oxygen atoms in total. The smallest absolute Gasteiger partial charge is 0.401 e. The third kappa shape index (κ3) is 5.78. The zero-order valence-electron chi connectivity index (χ0n) is 12.0. The number of carboxylic acids is 1. The van der Waals surface area contributed by atoms with Crippen molar-refractivity contribution in [1.29, 1.82) is 0 Å². The molecular weight excluding hydrogens is 291 g/mol. The molecule has 0 spiro atoms. The number of nitrogens with zero attached hydrogens (tertiary/aromatic N) is 2. The number of urea groups is 1. The molecule has 1 aliphatic rings. The lowest BCUT2D eigenvalue weighted by Crippen LogP contribution is -2.56. The van der Waals surface area contributed by atoms with E-state index in [1.165, 1.54) is 9.80 Å². The summed E-state index contributed by atoms with van der Waals surface area (Å²) in [7, 11) is 0. The van der Waals surface area contributed by atoms with E-state index in [-0.39, 0.29) is 32.1 Å². The second-order valence-corrected chi connectivity index (χ2v) is 5.39. The maximum atomic E-state index is 12.2. The first-order valence-electron chi connectivity index (χ1n) is 6.67. The summed E-state index contributed by atoms with van der Waals surface area (Å²) in [5.41, 5.74) is 0. The van der Waals surface area contributed by atoms with Gasteiger partial charge in [-0.1, -0.05) is 13.8 Å². The highest BCUT2D eigenvalue weighted by molar-refractivity contribution is 5.82. The largest absolute Gasteiger partial charge is 0.480 e. The standard InChI is InChI=1S/C12H20F3N3O3/c1-8(2)9(10(19)20)16-11(21)18-5-3-17(4-6-18)7-12(13,14)15/h8-9H,3-7H2,1-2H3,(H,16,21)(H,19,20)/t9-/m1/s1. The third-order valence-electron chi connectivity index (χ3n) is 3.27. The summed E-state index contributed by atoms with van der Waals surface area (Å²) in [5, 5.41) is 11.4. The minimum atomic E-state index is -4.25. The van der Waals surface area contributed by atoms with Crippen LogP contribution < -0.4 is 5.32 Å². The fraction of sp³-hybridized carbons (Fsp3) is 0.833. The van der Waals surface area contributed by atoms with Crippen molar-refractivity contribution in [2.75, 3.05) is 32.7 Å². The lowest BCUT2D eigenvalue weighted by Gasteiger charge is -2.35. The Balaban J connectivity index is 2.46. The van der Waals surface area contributed by atoms with Gasteiger partial charge in [0.05, 0.1) is 6.54 Å². The van der Waals surface area contributed by atoms with Crippen molar-refractivity contribution in [1.82, 2.24) is 15.1 Å². The van der Waals surface area contributed by atoms with Gasteiger partial charge in [0.15, 0.2) is 0 Å². The highest BCUT2D eigenvalue weighted by Crippen LogP contribution is 2.17. The first kappa shape index (κ1) is 17.5. The molecule has 1 heterocycles. The number of hydrogen-bond acceptors (Lipinski definition) is 3. The molecule has 0 unspecified atom stereocenters. The molecule has 0 aromatic rings. The number of nitrogens with one attached hydrogen (secondary N) is 1. The number of alkyl halides is 3. The Labute approximate surface area is 120 Å². The molecule has 0 aromatic carbocycles. The van der Waals surface area contributed by atoms with Crippen molar-refractivity contribution in [3.05, 3.63) is 0 Å². The Kier molecular flexibility index (Phi) is 5.82. The number of halogens is 3. The molecule has 1 atom stereocenters. The summed E-state index contributed by atoms with van der Waals surface area (Å²) in [6.45, 7) is 2.87. The zero-order chi connectivity index (χ0) is 16.2. The van der Waals surface area contributed by atoms with Crippen LogP contribution in [0.5, 0.6) is 0 Å². The van der Waals surface area contributed by atoms with Crippen LogP contribution in [0.25, 0.3) is 0 Å². The number of piperazine rings is 1. The number of carbonyl (C=O) groups excluding carboxylic acids is 1. The van der Waals surface area contributed by atoms with Crippen LogP contribution in [-0.2, 0) is 4.79 Å². The van der Waals surface area contributed by atoms with Gasteiger partial charge in [0.25, 0.3) is 0 Å². The van der Waals surface area contributed by atoms with E-state index in [1.807, 2.05) is 0 Å². The monoisotopic (exact) mass is 311 g/mol. The summed E-state index contributed by atoms with van der Waals surface area (Å²) in [6, 6.07) is -1.56. The molecule has 0 saturated carbocycles. The molecule has 1 saturated heterocycles. The summed E-state index contributed by atoms with van der Waals surface area (Å²) in [4.78, 5) is 25.5. The number of carboxylic acid groups (broad SMARTS) is 1. The molecule has 2 N–H and O–H groups in total. The van der Waals surface area contributed by atoms with E-state index in [4.69, 9.17) is 5.11 Å². The van der Waals surface area contributed by atoms with Gasteiger partial charge >= 0.3 is 18.2 Å². The first-order valence-corrected chi connectivity index (χ1v) is 6.67. The second-order valence-electron chi connectivity index (χ2n) is 5.39. The van der Waals surface area contributed by atoms with Crippen LogP contribution in [-0.4, -0.2) is 71.8 Å². The van der Waals surface area contributed by atoms with Gasteiger partial charge in [-0.25, -0.2) is 9.59 Å². The normalized spacial score (nSPS) is 18.7. The minimum absolute atomic E-state index is 0.117. The van der Waals surface area contributed by atoms with Gasteiger partial charge in [-0.2, -0.15) is 13.2 Å². The molecule has 1 rings (SSSR count). The fourth-order valence-corrected chi connectivity index (χ4v) is 2.10. The molecule has 0 aromatic heterocycles. The molecular formula is C12H20F3N3O3. The highest BCUT2D eigenvalue weighted by atomic mass is 19.4. The fourth-order valence-electron chi connectivity index (χ4n) is 2.10. The van der Waals surface area contributed by atoms with Crippen LogP contribution in [0.1, 0.15) is 13.8 Å². The Morgan fingerprint density at radius 1 is 1.19 bits per heavy atom. The number of aliphatic carboxylic acids is 1. The van der Waals surface area contributed by atoms with Crippen molar-refractivity contribution in [3.63, 3.8) is 0 Å². The predicted molar refractivity (Wildman–Crippen MR) is 68.9 cm³/mol. The van der Waals surface area contributed by atoms with Crippen LogP contribution in [0, 0.1) is 5.92 Å². The van der Waals surface area contributed by atoms with Crippen molar-refractivity contribution >= 4 is 12.0 Å². The maximum absolute atomic E-state index is 12.2. The molecule has 122 valence electrons. The summed E-state index contributed by atoms with van der Waals surface area (Å²) in [6.07, 6.45) is -4.25. The molecule has 0 bridgehead atoms. The quantitative estimate of drug-likeness (QED) is 0.812. The molecule has 0 radical (unpaired) electrons. The Hall–Kier alpha value is -1.51. The van der Waals surface area contributed by atoms with E-state index in [2.05, 4.69) is 5.32 Å². The SMILES string of the molecule is CC(C)[C@@H](NC(=O)N1CCN(CC(F)(F)F)CC1)C(=O)O. The van der Waals surface area contributed by atoms with Crippen molar-refractivity contribution in [2.45, 2.75) is 26.1 Å². The molecule has 9 heteroatoms.